The van der Waals surface area contributed by atoms with Gasteiger partial charge in [0.1, 0.15) is 5.69 Å². The molecular formula is C16H19F8N. The lowest BCUT2D eigenvalue weighted by Gasteiger charge is -2.29. The van der Waals surface area contributed by atoms with E-state index < -0.39 is 52.5 Å². The Morgan fingerprint density at radius 1 is 0.800 bits per heavy atom. The van der Waals surface area contributed by atoms with E-state index in [4.69, 9.17) is 0 Å². The average molecular weight is 377 g/mol. The van der Waals surface area contributed by atoms with Crippen molar-refractivity contribution in [1.29, 1.82) is 0 Å². The van der Waals surface area contributed by atoms with Crippen LogP contribution in [0.25, 0.3) is 0 Å². The maximum atomic E-state index is 13.7. The van der Waals surface area contributed by atoms with Crippen LogP contribution in [-0.2, 0) is 0 Å². The minimum Gasteiger partial charge on any atom is -0.278 e. The number of hydrogen-bond donors (Lipinski definition) is 0. The summed E-state index contributed by atoms with van der Waals surface area (Å²) in [5.74, 6) is -12.4. The van der Waals surface area contributed by atoms with E-state index in [9.17, 15) is 35.1 Å². The van der Waals surface area contributed by atoms with Gasteiger partial charge in [-0.1, -0.05) is 39.5 Å². The van der Waals surface area contributed by atoms with Crippen LogP contribution in [0.2, 0.25) is 0 Å². The third-order valence-corrected chi connectivity index (χ3v) is 4.07. The van der Waals surface area contributed by atoms with Gasteiger partial charge in [0.25, 0.3) is 0 Å². The fourth-order valence-electron chi connectivity index (χ4n) is 2.55. The minimum absolute atomic E-state index is 0.0878. The Labute approximate surface area is 140 Å². The molecule has 1 aromatic rings. The summed E-state index contributed by atoms with van der Waals surface area (Å²) in [6.45, 7) is 2.77. The first-order valence-corrected chi connectivity index (χ1v) is 7.91. The maximum absolute atomic E-state index is 13.7. The van der Waals surface area contributed by atoms with Crippen LogP contribution in [0.4, 0.5) is 40.8 Å². The van der Waals surface area contributed by atoms with Gasteiger partial charge in [-0.05, 0) is 12.3 Å². The van der Waals surface area contributed by atoms with Crippen molar-refractivity contribution in [3.05, 3.63) is 29.1 Å². The molecular weight excluding hydrogens is 358 g/mol. The van der Waals surface area contributed by atoms with Gasteiger partial charge in [-0.25, -0.2) is 22.0 Å². The highest BCUT2D eigenvalue weighted by Gasteiger charge is 2.42. The molecule has 0 radical (unpaired) electrons. The van der Waals surface area contributed by atoms with Crippen molar-refractivity contribution in [2.75, 3.05) is 11.4 Å². The van der Waals surface area contributed by atoms with E-state index in [-0.39, 0.29) is 12.3 Å². The molecule has 0 N–H and O–H groups in total. The largest absolute Gasteiger partial charge is 0.485 e. The van der Waals surface area contributed by atoms with E-state index in [1.54, 1.807) is 6.92 Å². The van der Waals surface area contributed by atoms with Crippen LogP contribution in [-0.4, -0.2) is 12.8 Å². The number of benzene rings is 1. The zero-order valence-corrected chi connectivity index (χ0v) is 13.8. The van der Waals surface area contributed by atoms with E-state index in [1.807, 2.05) is 6.92 Å². The number of alkyl halides is 3. The van der Waals surface area contributed by atoms with Gasteiger partial charge in [-0.3, -0.25) is 4.90 Å². The van der Waals surface area contributed by atoms with Crippen LogP contribution in [0.1, 0.15) is 46.0 Å². The highest BCUT2D eigenvalue weighted by Crippen LogP contribution is 2.37. The smallest absolute Gasteiger partial charge is 0.278 e. The lowest BCUT2D eigenvalue weighted by molar-refractivity contribution is -0.130. The third-order valence-electron chi connectivity index (χ3n) is 4.07. The van der Waals surface area contributed by atoms with Gasteiger partial charge in [-0.15, -0.1) is 0 Å². The first-order valence-electron chi connectivity index (χ1n) is 7.91. The zero-order chi connectivity index (χ0) is 19.4. The zero-order valence-electron chi connectivity index (χ0n) is 13.8. The SMILES string of the molecule is CCCCC(CC)CCN(c1c(F)c(F)c(F)c(F)c1F)C(F)(F)F. The molecule has 0 aliphatic heterocycles. The summed E-state index contributed by atoms with van der Waals surface area (Å²) in [5.41, 5.74) is -1.96. The summed E-state index contributed by atoms with van der Waals surface area (Å²) in [7, 11) is 0. The van der Waals surface area contributed by atoms with Crippen molar-refractivity contribution in [3.8, 4) is 0 Å². The molecule has 144 valence electrons. The minimum atomic E-state index is -5.29. The van der Waals surface area contributed by atoms with Crippen molar-refractivity contribution in [1.82, 2.24) is 0 Å². The summed E-state index contributed by atoms with van der Waals surface area (Å²) in [4.78, 5) is -0.710. The molecule has 0 saturated carbocycles. The normalized spacial score (nSPS) is 13.2. The van der Waals surface area contributed by atoms with Gasteiger partial charge < -0.3 is 0 Å². The number of hydrogen-bond acceptors (Lipinski definition) is 1. The second-order valence-corrected chi connectivity index (χ2v) is 5.74. The summed E-state index contributed by atoms with van der Waals surface area (Å²) in [6, 6.07) is 0. The van der Waals surface area contributed by atoms with Gasteiger partial charge in [-0.2, -0.15) is 13.2 Å². The van der Waals surface area contributed by atoms with Gasteiger partial charge >= 0.3 is 6.30 Å². The van der Waals surface area contributed by atoms with Crippen LogP contribution in [0.5, 0.6) is 0 Å². The fourth-order valence-corrected chi connectivity index (χ4v) is 2.55. The molecule has 1 rings (SSSR count). The summed E-state index contributed by atoms with van der Waals surface area (Å²) in [6.07, 6.45) is -2.61. The van der Waals surface area contributed by atoms with Crippen molar-refractivity contribution < 1.29 is 35.1 Å². The lowest BCUT2D eigenvalue weighted by Crippen LogP contribution is -2.41. The molecule has 9 heteroatoms. The van der Waals surface area contributed by atoms with E-state index in [2.05, 4.69) is 0 Å². The van der Waals surface area contributed by atoms with Crippen molar-refractivity contribution in [3.63, 3.8) is 0 Å². The summed E-state index contributed by atoms with van der Waals surface area (Å²) in [5, 5.41) is 0. The first kappa shape index (κ1) is 21.5. The number of nitrogens with zero attached hydrogens (tertiary/aromatic N) is 1. The predicted molar refractivity (Wildman–Crippen MR) is 77.6 cm³/mol. The molecule has 0 heterocycles. The Bertz CT molecular complexity index is 555. The lowest BCUT2D eigenvalue weighted by atomic mass is 9.95. The van der Waals surface area contributed by atoms with Crippen molar-refractivity contribution in [2.45, 2.75) is 52.3 Å². The van der Waals surface area contributed by atoms with E-state index in [1.165, 1.54) is 0 Å². The molecule has 0 bridgehead atoms. The first-order chi connectivity index (χ1) is 11.6. The molecule has 0 aromatic heterocycles. The van der Waals surface area contributed by atoms with Crippen molar-refractivity contribution in [2.24, 2.45) is 5.92 Å². The molecule has 1 unspecified atom stereocenters. The summed E-state index contributed by atoms with van der Waals surface area (Å²) >= 11 is 0. The molecule has 1 nitrogen and oxygen atoms in total. The Morgan fingerprint density at radius 2 is 1.28 bits per heavy atom. The van der Waals surface area contributed by atoms with Crippen LogP contribution < -0.4 is 4.90 Å². The molecule has 1 aromatic carbocycles. The number of anilines is 1. The molecule has 0 aliphatic carbocycles. The second kappa shape index (κ2) is 8.71. The Morgan fingerprint density at radius 3 is 1.68 bits per heavy atom. The molecule has 0 fully saturated rings. The molecule has 0 spiro atoms. The second-order valence-electron chi connectivity index (χ2n) is 5.74. The van der Waals surface area contributed by atoms with Gasteiger partial charge in [0.15, 0.2) is 23.3 Å². The standard InChI is InChI=1S/C16H19F8N/c1-3-5-6-9(4-2)7-8-25(16(22,23)24)15-13(20)11(18)10(17)12(19)14(15)21/h9H,3-8H2,1-2H3. The molecule has 0 amide bonds. The van der Waals surface area contributed by atoms with Gasteiger partial charge in [0, 0.05) is 6.54 Å². The van der Waals surface area contributed by atoms with Crippen LogP contribution in [0, 0.1) is 35.0 Å². The third kappa shape index (κ3) is 4.98. The van der Waals surface area contributed by atoms with Crippen molar-refractivity contribution >= 4 is 5.69 Å². The number of unbranched alkanes of at least 4 members (excludes halogenated alkanes) is 1. The van der Waals surface area contributed by atoms with Crippen LogP contribution in [0.3, 0.4) is 0 Å². The highest BCUT2D eigenvalue weighted by atomic mass is 19.4. The van der Waals surface area contributed by atoms with Crippen LogP contribution in [0.15, 0.2) is 0 Å². The van der Waals surface area contributed by atoms with Gasteiger partial charge in [0.05, 0.1) is 0 Å². The predicted octanol–water partition coefficient (Wildman–Crippen LogP) is 6.31. The van der Waals surface area contributed by atoms with E-state index in [0.29, 0.717) is 12.8 Å². The monoisotopic (exact) mass is 377 g/mol. The summed E-state index contributed by atoms with van der Waals surface area (Å²) < 4.78 is 107. The Balaban J connectivity index is 3.22. The quantitative estimate of drug-likeness (QED) is 0.222. The molecule has 1 atom stereocenters. The number of rotatable bonds is 8. The topological polar surface area (TPSA) is 3.24 Å². The maximum Gasteiger partial charge on any atom is 0.485 e. The molecule has 25 heavy (non-hydrogen) atoms. The molecule has 0 saturated heterocycles. The molecule has 0 aliphatic rings. The highest BCUT2D eigenvalue weighted by molar-refractivity contribution is 5.51. The Kier molecular flexibility index (Phi) is 7.49. The Hall–Kier alpha value is -1.54. The van der Waals surface area contributed by atoms with Gasteiger partial charge in [0.2, 0.25) is 5.82 Å². The fraction of sp³-hybridized carbons (Fsp3) is 0.625. The average Bonchev–Trinajstić information content (AvgIpc) is 2.55. The number of halogens is 8. The van der Waals surface area contributed by atoms with E-state index in [0.717, 1.165) is 12.8 Å². The van der Waals surface area contributed by atoms with Crippen LogP contribution >= 0.6 is 0 Å². The van der Waals surface area contributed by atoms with E-state index >= 15 is 0 Å².